The third-order valence-corrected chi connectivity index (χ3v) is 9.81. The van der Waals surface area contributed by atoms with Crippen molar-refractivity contribution in [2.45, 2.75) is 89.3 Å². The summed E-state index contributed by atoms with van der Waals surface area (Å²) in [6, 6.07) is 5.56. The van der Waals surface area contributed by atoms with Crippen LogP contribution in [0.1, 0.15) is 58.9 Å². The first-order chi connectivity index (χ1) is 18.6. The number of benzene rings is 1. The average Bonchev–Trinajstić information content (AvgIpc) is 3.50. The van der Waals surface area contributed by atoms with Gasteiger partial charge in [-0.15, -0.1) is 0 Å². The summed E-state index contributed by atoms with van der Waals surface area (Å²) < 4.78 is 60.7. The van der Waals surface area contributed by atoms with E-state index in [2.05, 4.69) is 20.8 Å². The van der Waals surface area contributed by atoms with E-state index in [4.69, 9.17) is 24.1 Å². The second-order valence-electron chi connectivity index (χ2n) is 11.8. The summed E-state index contributed by atoms with van der Waals surface area (Å²) in [7, 11) is -4.56. The Bertz CT molecular complexity index is 1240. The lowest BCUT2D eigenvalue weighted by atomic mass is 9.75. The van der Waals surface area contributed by atoms with E-state index in [1.165, 1.54) is 31.2 Å². The van der Waals surface area contributed by atoms with E-state index in [-0.39, 0.29) is 23.3 Å². The van der Waals surface area contributed by atoms with Gasteiger partial charge in [0.05, 0.1) is 5.92 Å². The van der Waals surface area contributed by atoms with Crippen LogP contribution < -0.4 is 5.73 Å². The van der Waals surface area contributed by atoms with Gasteiger partial charge in [0.1, 0.15) is 17.2 Å². The number of carbonyl (C=O) groups excluding carboxylic acids is 3. The van der Waals surface area contributed by atoms with Crippen molar-refractivity contribution in [2.75, 3.05) is 0 Å². The molecule has 3 aliphatic carbocycles. The molecule has 0 aliphatic heterocycles. The molecular weight excluding hydrogens is 545 g/mol. The van der Waals surface area contributed by atoms with Crippen molar-refractivity contribution in [3.63, 3.8) is 0 Å². The fraction of sp³-hybridized carbons (Fsp3) is 0.679. The molecule has 0 aromatic heterocycles. The fourth-order valence-electron chi connectivity index (χ4n) is 6.27. The van der Waals surface area contributed by atoms with E-state index >= 15 is 0 Å². The number of hydrogen-bond acceptors (Lipinski definition) is 10. The molecule has 0 heterocycles. The van der Waals surface area contributed by atoms with Crippen LogP contribution in [0.4, 0.5) is 9.18 Å². The van der Waals surface area contributed by atoms with E-state index in [9.17, 15) is 27.2 Å². The standard InChI is InChI=1S/C28H38FNO9S/c1-14(2)19-11-8-16(4)12-21(19)38-27(33)37-17(5)36-25(31)23-20-13-22(29)28(30,24(20)23)26(32)39-40(34,35)18-9-6-15(3)7-10-18/h6-7,9-10,14,16-17,19-24H,8,11-13,30H2,1-5H3/t16-,17+,19+,20+,21-,22+,23+,24+,28+/m1/s1. The molecule has 3 fully saturated rings. The van der Waals surface area contributed by atoms with Crippen molar-refractivity contribution in [2.24, 2.45) is 41.2 Å². The normalized spacial score (nSPS) is 34.0. The molecule has 12 heteroatoms. The van der Waals surface area contributed by atoms with Crippen LogP contribution in [0, 0.1) is 42.4 Å². The Balaban J connectivity index is 1.34. The Kier molecular flexibility index (Phi) is 8.52. The van der Waals surface area contributed by atoms with Crippen molar-refractivity contribution in [3.8, 4) is 0 Å². The largest absolute Gasteiger partial charge is 0.511 e. The number of rotatable bonds is 8. The number of esters is 1. The van der Waals surface area contributed by atoms with Crippen LogP contribution >= 0.6 is 0 Å². The van der Waals surface area contributed by atoms with Gasteiger partial charge in [-0.2, -0.15) is 8.42 Å². The Morgan fingerprint density at radius 3 is 2.33 bits per heavy atom. The van der Waals surface area contributed by atoms with Gasteiger partial charge in [-0.05, 0) is 62.0 Å². The van der Waals surface area contributed by atoms with Gasteiger partial charge in [0.15, 0.2) is 5.54 Å². The number of nitrogens with two attached hydrogens (primary N) is 1. The van der Waals surface area contributed by atoms with Gasteiger partial charge in [-0.25, -0.2) is 14.0 Å². The molecule has 4 rings (SSSR count). The van der Waals surface area contributed by atoms with Crippen LogP contribution in [0.15, 0.2) is 29.2 Å². The van der Waals surface area contributed by atoms with Gasteiger partial charge in [0.25, 0.3) is 0 Å². The zero-order valence-corrected chi connectivity index (χ0v) is 24.2. The molecule has 9 atom stereocenters. The third-order valence-electron chi connectivity index (χ3n) is 8.59. The highest BCUT2D eigenvalue weighted by molar-refractivity contribution is 7.87. The molecule has 3 aliphatic rings. The summed E-state index contributed by atoms with van der Waals surface area (Å²) in [4.78, 5) is 37.9. The van der Waals surface area contributed by atoms with Crippen molar-refractivity contribution >= 4 is 28.2 Å². The Hall–Kier alpha value is -2.73. The van der Waals surface area contributed by atoms with Crippen LogP contribution in [0.2, 0.25) is 0 Å². The van der Waals surface area contributed by atoms with Crippen molar-refractivity contribution in [1.29, 1.82) is 0 Å². The topological polar surface area (TPSA) is 148 Å². The number of carbonyl (C=O) groups is 3. The fourth-order valence-corrected chi connectivity index (χ4v) is 7.18. The maximum absolute atomic E-state index is 14.9. The zero-order valence-electron chi connectivity index (χ0n) is 23.4. The van der Waals surface area contributed by atoms with E-state index in [0.717, 1.165) is 24.8 Å². The van der Waals surface area contributed by atoms with Crippen LogP contribution in [-0.4, -0.2) is 50.6 Å². The molecule has 3 saturated carbocycles. The van der Waals surface area contributed by atoms with Gasteiger partial charge in [0, 0.05) is 12.8 Å². The average molecular weight is 584 g/mol. The smallest absolute Gasteiger partial charge is 0.431 e. The number of fused-ring (bicyclic) bond motifs is 1. The number of aryl methyl sites for hydroxylation is 1. The summed E-state index contributed by atoms with van der Waals surface area (Å²) in [5, 5.41) is 0. The molecule has 10 nitrogen and oxygen atoms in total. The monoisotopic (exact) mass is 583 g/mol. The molecule has 0 amide bonds. The molecule has 0 unspecified atom stereocenters. The minimum Gasteiger partial charge on any atom is -0.431 e. The maximum atomic E-state index is 14.9. The second-order valence-corrected chi connectivity index (χ2v) is 13.4. The SMILES string of the molecule is Cc1ccc(S(=O)(=O)OC(=O)[C@@]2(N)[C@H]3[C@@H](C[C@@H]2F)[C@@H]3C(=O)O[C@H](C)OC(=O)O[C@@H]2C[C@H](C)CC[C@H]2C(C)C)cc1. The molecule has 222 valence electrons. The van der Waals surface area contributed by atoms with Crippen molar-refractivity contribution in [3.05, 3.63) is 29.8 Å². The highest BCUT2D eigenvalue weighted by Crippen LogP contribution is 2.63. The minimum atomic E-state index is -4.56. The quantitative estimate of drug-likeness (QED) is 0.270. The highest BCUT2D eigenvalue weighted by Gasteiger charge is 2.75. The molecule has 0 bridgehead atoms. The van der Waals surface area contributed by atoms with Gasteiger partial charge in [0.2, 0.25) is 6.29 Å². The molecule has 0 saturated heterocycles. The Morgan fingerprint density at radius 2 is 1.70 bits per heavy atom. The predicted molar refractivity (Wildman–Crippen MR) is 140 cm³/mol. The van der Waals surface area contributed by atoms with Gasteiger partial charge in [-0.3, -0.25) is 4.79 Å². The third kappa shape index (κ3) is 5.97. The minimum absolute atomic E-state index is 0.202. The van der Waals surface area contributed by atoms with Crippen molar-refractivity contribution < 1.29 is 45.6 Å². The first kappa shape index (κ1) is 30.2. The highest BCUT2D eigenvalue weighted by atomic mass is 32.2. The second kappa shape index (κ2) is 11.3. The van der Waals surface area contributed by atoms with Crippen LogP contribution in [0.5, 0.6) is 0 Å². The molecule has 1 aromatic rings. The first-order valence-electron chi connectivity index (χ1n) is 13.7. The molecule has 0 radical (unpaired) electrons. The van der Waals surface area contributed by atoms with E-state index in [1.807, 2.05) is 0 Å². The summed E-state index contributed by atoms with van der Waals surface area (Å²) in [5.41, 5.74) is 4.55. The summed E-state index contributed by atoms with van der Waals surface area (Å²) in [6.45, 7) is 9.35. The maximum Gasteiger partial charge on any atom is 0.511 e. The molecule has 2 N–H and O–H groups in total. The summed E-state index contributed by atoms with van der Waals surface area (Å²) >= 11 is 0. The lowest BCUT2D eigenvalue weighted by molar-refractivity contribution is -0.173. The predicted octanol–water partition coefficient (Wildman–Crippen LogP) is 4.03. The summed E-state index contributed by atoms with van der Waals surface area (Å²) in [5.74, 6) is -4.01. The lowest BCUT2D eigenvalue weighted by Crippen LogP contribution is -2.57. The number of ether oxygens (including phenoxy) is 3. The van der Waals surface area contributed by atoms with Gasteiger partial charge >= 0.3 is 28.2 Å². The van der Waals surface area contributed by atoms with E-state index in [0.29, 0.717) is 11.8 Å². The number of hydrogen-bond donors (Lipinski definition) is 1. The number of alkyl halides is 1. The zero-order chi connectivity index (χ0) is 29.6. The van der Waals surface area contributed by atoms with E-state index < -0.39 is 64.0 Å². The Morgan fingerprint density at radius 1 is 1.05 bits per heavy atom. The summed E-state index contributed by atoms with van der Waals surface area (Å²) in [6.07, 6.45) is -2.00. The number of halogens is 1. The van der Waals surface area contributed by atoms with Crippen LogP contribution in [0.3, 0.4) is 0 Å². The van der Waals surface area contributed by atoms with Gasteiger partial charge < -0.3 is 24.1 Å². The molecular formula is C28H38FNO9S. The van der Waals surface area contributed by atoms with E-state index in [1.54, 1.807) is 6.92 Å². The Labute approximate surface area is 234 Å². The van der Waals surface area contributed by atoms with Crippen LogP contribution in [-0.2, 0) is 38.1 Å². The van der Waals surface area contributed by atoms with Crippen LogP contribution in [0.25, 0.3) is 0 Å². The first-order valence-corrected chi connectivity index (χ1v) is 15.1. The lowest BCUT2D eigenvalue weighted by Gasteiger charge is -2.36. The van der Waals surface area contributed by atoms with Crippen molar-refractivity contribution in [1.82, 2.24) is 0 Å². The molecule has 0 spiro atoms. The molecule has 1 aromatic carbocycles. The molecule has 40 heavy (non-hydrogen) atoms. The van der Waals surface area contributed by atoms with Gasteiger partial charge in [-0.1, -0.05) is 44.9 Å².